The molecule has 0 spiro atoms. The van der Waals surface area contributed by atoms with Crippen LogP contribution < -0.4 is 11.1 Å². The Kier molecular flexibility index (Phi) is 5.94. The summed E-state index contributed by atoms with van der Waals surface area (Å²) in [5.41, 5.74) is 7.33. The summed E-state index contributed by atoms with van der Waals surface area (Å²) in [6.45, 7) is 2.41. The first-order valence-electron chi connectivity index (χ1n) is 7.17. The summed E-state index contributed by atoms with van der Waals surface area (Å²) in [5.74, 6) is -0.527. The lowest BCUT2D eigenvalue weighted by Gasteiger charge is -2.18. The zero-order valence-electron chi connectivity index (χ0n) is 12.4. The van der Waals surface area contributed by atoms with E-state index in [0.29, 0.717) is 16.6 Å². The minimum absolute atomic E-state index is 0.0568. The molecule has 5 heteroatoms. The van der Waals surface area contributed by atoms with E-state index in [-0.39, 0.29) is 11.7 Å². The molecule has 2 aromatic rings. The highest BCUT2D eigenvalue weighted by molar-refractivity contribution is 9.10. The number of rotatable bonds is 6. The fourth-order valence-electron chi connectivity index (χ4n) is 2.27. The smallest absolute Gasteiger partial charge is 0.147 e. The maximum Gasteiger partial charge on any atom is 0.147 e. The standard InChI is InChI=1S/C17H20BrFN2O/c1-11(7-12-5-3-2-4-6-12)21-10-16(22)13-8-14(18)17(20)15(19)9-13/h2-6,8-9,11,16,21-22H,7,10,20H2,1H3/t11?,16-/m0/s1. The first-order chi connectivity index (χ1) is 10.5. The Balaban J connectivity index is 1.91. The maximum atomic E-state index is 13.6. The average Bonchev–Trinajstić information content (AvgIpc) is 2.50. The Morgan fingerprint density at radius 3 is 2.59 bits per heavy atom. The predicted molar refractivity (Wildman–Crippen MR) is 91.1 cm³/mol. The number of halogens is 2. The summed E-state index contributed by atoms with van der Waals surface area (Å²) in [7, 11) is 0. The SMILES string of the molecule is CC(Cc1ccccc1)NC[C@H](O)c1cc(F)c(N)c(Br)c1. The molecule has 0 saturated heterocycles. The maximum absolute atomic E-state index is 13.6. The highest BCUT2D eigenvalue weighted by atomic mass is 79.9. The number of nitrogens with one attached hydrogen (secondary N) is 1. The quantitative estimate of drug-likeness (QED) is 0.686. The minimum Gasteiger partial charge on any atom is -0.395 e. The lowest BCUT2D eigenvalue weighted by molar-refractivity contribution is 0.170. The van der Waals surface area contributed by atoms with Crippen molar-refractivity contribution in [3.63, 3.8) is 0 Å². The highest BCUT2D eigenvalue weighted by Crippen LogP contribution is 2.27. The molecule has 0 aliphatic heterocycles. The molecule has 2 aromatic carbocycles. The summed E-state index contributed by atoms with van der Waals surface area (Å²) in [4.78, 5) is 0. The van der Waals surface area contributed by atoms with Crippen LogP contribution in [0.5, 0.6) is 0 Å². The van der Waals surface area contributed by atoms with Crippen molar-refractivity contribution >= 4 is 21.6 Å². The van der Waals surface area contributed by atoms with Gasteiger partial charge in [-0.05, 0) is 52.5 Å². The molecule has 2 rings (SSSR count). The lowest BCUT2D eigenvalue weighted by atomic mass is 10.1. The molecule has 0 bridgehead atoms. The second kappa shape index (κ2) is 7.72. The topological polar surface area (TPSA) is 58.3 Å². The number of hydrogen-bond acceptors (Lipinski definition) is 3. The molecule has 0 saturated carbocycles. The molecule has 2 atom stereocenters. The Labute approximate surface area is 138 Å². The van der Waals surface area contributed by atoms with E-state index in [0.717, 1.165) is 6.42 Å². The van der Waals surface area contributed by atoms with Gasteiger partial charge in [-0.1, -0.05) is 30.3 Å². The summed E-state index contributed by atoms with van der Waals surface area (Å²) >= 11 is 3.19. The van der Waals surface area contributed by atoms with Crippen molar-refractivity contribution in [3.8, 4) is 0 Å². The molecule has 118 valence electrons. The normalized spacial score (nSPS) is 13.8. The molecule has 0 heterocycles. The van der Waals surface area contributed by atoms with E-state index in [1.54, 1.807) is 6.07 Å². The number of hydrogen-bond donors (Lipinski definition) is 3. The van der Waals surface area contributed by atoms with Crippen LogP contribution in [0.3, 0.4) is 0 Å². The van der Waals surface area contributed by atoms with Gasteiger partial charge in [0.25, 0.3) is 0 Å². The van der Waals surface area contributed by atoms with Gasteiger partial charge < -0.3 is 16.2 Å². The first-order valence-corrected chi connectivity index (χ1v) is 7.96. The van der Waals surface area contributed by atoms with Crippen molar-refractivity contribution in [1.29, 1.82) is 0 Å². The Hall–Kier alpha value is -1.43. The van der Waals surface area contributed by atoms with Crippen molar-refractivity contribution < 1.29 is 9.50 Å². The van der Waals surface area contributed by atoms with Crippen LogP contribution in [-0.4, -0.2) is 17.7 Å². The fraction of sp³-hybridized carbons (Fsp3) is 0.294. The third kappa shape index (κ3) is 4.53. The number of nitrogen functional groups attached to an aromatic ring is 1. The Morgan fingerprint density at radius 2 is 1.95 bits per heavy atom. The van der Waals surface area contributed by atoms with E-state index in [1.807, 2.05) is 18.2 Å². The number of aliphatic hydroxyl groups is 1. The number of benzene rings is 2. The van der Waals surface area contributed by atoms with E-state index in [1.165, 1.54) is 11.6 Å². The summed E-state index contributed by atoms with van der Waals surface area (Å²) in [5, 5.41) is 13.4. The zero-order valence-corrected chi connectivity index (χ0v) is 14.0. The molecule has 0 radical (unpaired) electrons. The van der Waals surface area contributed by atoms with Crippen LogP contribution in [0.1, 0.15) is 24.2 Å². The van der Waals surface area contributed by atoms with Gasteiger partial charge in [-0.2, -0.15) is 0 Å². The van der Waals surface area contributed by atoms with E-state index >= 15 is 0 Å². The van der Waals surface area contributed by atoms with Gasteiger partial charge in [0.2, 0.25) is 0 Å². The van der Waals surface area contributed by atoms with Gasteiger partial charge in [-0.25, -0.2) is 4.39 Å². The van der Waals surface area contributed by atoms with Crippen molar-refractivity contribution in [2.45, 2.75) is 25.5 Å². The van der Waals surface area contributed by atoms with Crippen LogP contribution in [0.25, 0.3) is 0 Å². The number of nitrogens with two attached hydrogens (primary N) is 1. The molecule has 0 fully saturated rings. The van der Waals surface area contributed by atoms with E-state index < -0.39 is 11.9 Å². The van der Waals surface area contributed by atoms with Gasteiger partial charge in [0.1, 0.15) is 5.82 Å². The number of anilines is 1. The van der Waals surface area contributed by atoms with Crippen LogP contribution in [0, 0.1) is 5.82 Å². The molecule has 0 aromatic heterocycles. The lowest BCUT2D eigenvalue weighted by Crippen LogP contribution is -2.32. The molecule has 1 unspecified atom stereocenters. The van der Waals surface area contributed by atoms with Gasteiger partial charge in [-0.3, -0.25) is 0 Å². The Bertz CT molecular complexity index is 598. The monoisotopic (exact) mass is 366 g/mol. The average molecular weight is 367 g/mol. The molecular weight excluding hydrogens is 347 g/mol. The van der Waals surface area contributed by atoms with E-state index in [9.17, 15) is 9.50 Å². The van der Waals surface area contributed by atoms with Crippen LogP contribution in [0.15, 0.2) is 46.9 Å². The first kappa shape index (κ1) is 16.9. The van der Waals surface area contributed by atoms with Crippen molar-refractivity contribution in [2.75, 3.05) is 12.3 Å². The molecule has 0 aliphatic rings. The molecular formula is C17H20BrFN2O. The molecule has 4 N–H and O–H groups in total. The molecule has 0 amide bonds. The number of aliphatic hydroxyl groups excluding tert-OH is 1. The van der Waals surface area contributed by atoms with Gasteiger partial charge in [0.15, 0.2) is 0 Å². The van der Waals surface area contributed by atoms with Crippen LogP contribution in [0.2, 0.25) is 0 Å². The van der Waals surface area contributed by atoms with Crippen molar-refractivity contribution in [3.05, 3.63) is 63.9 Å². The molecule has 3 nitrogen and oxygen atoms in total. The van der Waals surface area contributed by atoms with Crippen molar-refractivity contribution in [1.82, 2.24) is 5.32 Å². The minimum atomic E-state index is -0.787. The van der Waals surface area contributed by atoms with Gasteiger partial charge in [0.05, 0.1) is 11.8 Å². The summed E-state index contributed by atoms with van der Waals surface area (Å²) < 4.78 is 14.1. The van der Waals surface area contributed by atoms with Crippen LogP contribution in [0.4, 0.5) is 10.1 Å². The predicted octanol–water partition coefficient (Wildman–Crippen LogP) is 3.42. The second-order valence-corrected chi connectivity index (χ2v) is 6.27. The second-order valence-electron chi connectivity index (χ2n) is 5.41. The van der Waals surface area contributed by atoms with Crippen LogP contribution >= 0.6 is 15.9 Å². The Morgan fingerprint density at radius 1 is 1.27 bits per heavy atom. The summed E-state index contributed by atoms with van der Waals surface area (Å²) in [6.07, 6.45) is 0.0810. The summed E-state index contributed by atoms with van der Waals surface area (Å²) in [6, 6.07) is 13.3. The van der Waals surface area contributed by atoms with Gasteiger partial charge in [-0.15, -0.1) is 0 Å². The largest absolute Gasteiger partial charge is 0.395 e. The highest BCUT2D eigenvalue weighted by Gasteiger charge is 2.14. The van der Waals surface area contributed by atoms with E-state index in [2.05, 4.69) is 40.3 Å². The van der Waals surface area contributed by atoms with Gasteiger partial charge in [0, 0.05) is 17.1 Å². The fourth-order valence-corrected chi connectivity index (χ4v) is 2.72. The zero-order chi connectivity index (χ0) is 16.1. The van der Waals surface area contributed by atoms with Crippen molar-refractivity contribution in [2.24, 2.45) is 0 Å². The molecule has 0 aliphatic carbocycles. The van der Waals surface area contributed by atoms with Crippen LogP contribution in [-0.2, 0) is 6.42 Å². The third-order valence-electron chi connectivity index (χ3n) is 3.53. The van der Waals surface area contributed by atoms with E-state index in [4.69, 9.17) is 5.73 Å². The van der Waals surface area contributed by atoms with Gasteiger partial charge >= 0.3 is 0 Å². The molecule has 22 heavy (non-hydrogen) atoms. The third-order valence-corrected chi connectivity index (χ3v) is 4.19.